The molecule has 134 valence electrons. The highest BCUT2D eigenvalue weighted by Gasteiger charge is 2.26. The number of hydrogen-bond donors (Lipinski definition) is 0. The maximum absolute atomic E-state index is 12.0. The van der Waals surface area contributed by atoms with Crippen LogP contribution in [0.5, 0.6) is 5.88 Å². The van der Waals surface area contributed by atoms with Crippen molar-refractivity contribution >= 4 is 12.1 Å². The van der Waals surface area contributed by atoms with Crippen LogP contribution in [0, 0.1) is 17.2 Å². The molecule has 0 bridgehead atoms. The number of rotatable bonds is 5. The molecule has 3 rings (SSSR count). The van der Waals surface area contributed by atoms with E-state index in [2.05, 4.69) is 22.9 Å². The molecule has 0 radical (unpaired) electrons. The lowest BCUT2D eigenvalue weighted by Crippen LogP contribution is -2.34. The highest BCUT2D eigenvalue weighted by Crippen LogP contribution is 2.37. The summed E-state index contributed by atoms with van der Waals surface area (Å²) in [7, 11) is 0. The topological polar surface area (TPSA) is 66.2 Å². The molecule has 1 fully saturated rings. The highest BCUT2D eigenvalue weighted by atomic mass is 16.5. The Morgan fingerprint density at radius 1 is 1.31 bits per heavy atom. The van der Waals surface area contributed by atoms with Gasteiger partial charge in [-0.15, -0.1) is 0 Å². The molecule has 0 aliphatic carbocycles. The Bertz CT molecular complexity index is 819. The Kier molecular flexibility index (Phi) is 5.52. The summed E-state index contributed by atoms with van der Waals surface area (Å²) in [6, 6.07) is 11.7. The van der Waals surface area contributed by atoms with Gasteiger partial charge in [-0.1, -0.05) is 37.3 Å². The van der Waals surface area contributed by atoms with E-state index in [0.29, 0.717) is 40.9 Å². The molecule has 0 unspecified atom stereocenters. The Balaban J connectivity index is 2.23. The van der Waals surface area contributed by atoms with Crippen molar-refractivity contribution in [3.63, 3.8) is 0 Å². The lowest BCUT2D eigenvalue weighted by molar-refractivity contribution is 0.112. The van der Waals surface area contributed by atoms with Gasteiger partial charge in [0, 0.05) is 18.7 Å². The maximum Gasteiger partial charge on any atom is 0.234 e. The summed E-state index contributed by atoms with van der Waals surface area (Å²) in [5, 5.41) is 9.74. The molecule has 26 heavy (non-hydrogen) atoms. The van der Waals surface area contributed by atoms with Gasteiger partial charge in [0.25, 0.3) is 0 Å². The monoisotopic (exact) mass is 349 g/mol. The van der Waals surface area contributed by atoms with Crippen molar-refractivity contribution in [1.82, 2.24) is 4.98 Å². The van der Waals surface area contributed by atoms with Crippen molar-refractivity contribution < 1.29 is 9.53 Å². The second-order valence-electron chi connectivity index (χ2n) is 6.60. The molecule has 5 heteroatoms. The number of benzene rings is 1. The number of nitriles is 1. The third-order valence-corrected chi connectivity index (χ3v) is 4.84. The number of nitrogens with zero attached hydrogens (tertiary/aromatic N) is 3. The number of pyridine rings is 1. The van der Waals surface area contributed by atoms with Crippen molar-refractivity contribution in [3.8, 4) is 23.1 Å². The molecule has 1 aliphatic heterocycles. The number of carbonyl (C=O) groups is 1. The number of carbonyl (C=O) groups excluding carboxylic acids is 1. The minimum atomic E-state index is 0.299. The van der Waals surface area contributed by atoms with Crippen LogP contribution in [0.2, 0.25) is 0 Å². The minimum Gasteiger partial charge on any atom is -0.477 e. The largest absolute Gasteiger partial charge is 0.477 e. The van der Waals surface area contributed by atoms with Gasteiger partial charge in [0.15, 0.2) is 6.29 Å². The second-order valence-corrected chi connectivity index (χ2v) is 6.60. The van der Waals surface area contributed by atoms with Crippen LogP contribution < -0.4 is 9.64 Å². The summed E-state index contributed by atoms with van der Waals surface area (Å²) in [6.45, 7) is 6.21. The number of ether oxygens (including phenoxy) is 1. The summed E-state index contributed by atoms with van der Waals surface area (Å²) in [5.74, 6) is 1.59. The lowest BCUT2D eigenvalue weighted by atomic mass is 9.94. The number of aldehydes is 1. The fourth-order valence-electron chi connectivity index (χ4n) is 3.39. The van der Waals surface area contributed by atoms with Crippen LogP contribution in [-0.4, -0.2) is 31.0 Å². The summed E-state index contributed by atoms with van der Waals surface area (Å²) in [4.78, 5) is 18.8. The predicted molar refractivity (Wildman–Crippen MR) is 102 cm³/mol. The van der Waals surface area contributed by atoms with Crippen LogP contribution in [0.15, 0.2) is 30.3 Å². The zero-order valence-corrected chi connectivity index (χ0v) is 15.2. The van der Waals surface area contributed by atoms with Crippen molar-refractivity contribution in [2.45, 2.75) is 26.7 Å². The van der Waals surface area contributed by atoms with Crippen LogP contribution in [0.4, 0.5) is 5.82 Å². The van der Waals surface area contributed by atoms with E-state index in [1.54, 1.807) is 0 Å². The first-order chi connectivity index (χ1) is 12.7. The average molecular weight is 349 g/mol. The molecule has 5 nitrogen and oxygen atoms in total. The average Bonchev–Trinajstić information content (AvgIpc) is 2.68. The fraction of sp³-hybridized carbons (Fsp3) is 0.381. The van der Waals surface area contributed by atoms with E-state index in [4.69, 9.17) is 4.74 Å². The molecule has 2 heterocycles. The first-order valence-corrected chi connectivity index (χ1v) is 9.06. The molecule has 2 aromatic rings. The lowest BCUT2D eigenvalue weighted by Gasteiger charge is -2.32. The molecule has 1 aliphatic rings. The van der Waals surface area contributed by atoms with Gasteiger partial charge in [-0.25, -0.2) is 0 Å². The van der Waals surface area contributed by atoms with Gasteiger partial charge in [0.1, 0.15) is 17.5 Å². The number of piperidine rings is 1. The predicted octanol–water partition coefficient (Wildman–Crippen LogP) is 4.07. The van der Waals surface area contributed by atoms with Gasteiger partial charge in [0.05, 0.1) is 12.2 Å². The van der Waals surface area contributed by atoms with E-state index in [1.807, 2.05) is 37.3 Å². The van der Waals surface area contributed by atoms with E-state index in [-0.39, 0.29) is 0 Å². The SMILES string of the molecule is CCOc1nc(N2CCC(C)CC2)c(C=O)c(-c2ccccc2)c1C#N. The maximum atomic E-state index is 12.0. The summed E-state index contributed by atoms with van der Waals surface area (Å²) < 4.78 is 5.67. The quantitative estimate of drug-likeness (QED) is 0.761. The van der Waals surface area contributed by atoms with Crippen molar-refractivity contribution in [1.29, 1.82) is 5.26 Å². The van der Waals surface area contributed by atoms with Gasteiger partial charge in [-0.2, -0.15) is 10.2 Å². The van der Waals surface area contributed by atoms with Crippen molar-refractivity contribution in [3.05, 3.63) is 41.5 Å². The van der Waals surface area contributed by atoms with Gasteiger partial charge in [-0.3, -0.25) is 4.79 Å². The van der Waals surface area contributed by atoms with E-state index in [9.17, 15) is 10.1 Å². The van der Waals surface area contributed by atoms with Gasteiger partial charge in [-0.05, 0) is 31.2 Å². The van der Waals surface area contributed by atoms with Gasteiger partial charge in [0.2, 0.25) is 5.88 Å². The van der Waals surface area contributed by atoms with Crippen LogP contribution in [0.3, 0.4) is 0 Å². The van der Waals surface area contributed by atoms with E-state index in [0.717, 1.165) is 37.8 Å². The fourth-order valence-corrected chi connectivity index (χ4v) is 3.39. The normalized spacial score (nSPS) is 14.7. The number of aromatic nitrogens is 1. The third-order valence-electron chi connectivity index (χ3n) is 4.84. The molecule has 0 amide bonds. The first kappa shape index (κ1) is 17.9. The van der Waals surface area contributed by atoms with Gasteiger partial charge >= 0.3 is 0 Å². The molecule has 1 aromatic carbocycles. The Labute approximate surface area is 154 Å². The summed E-state index contributed by atoms with van der Waals surface area (Å²) in [6.07, 6.45) is 2.94. The third kappa shape index (κ3) is 3.41. The molecule has 1 saturated heterocycles. The molecule has 0 N–H and O–H groups in total. The summed E-state index contributed by atoms with van der Waals surface area (Å²) >= 11 is 0. The summed E-state index contributed by atoms with van der Waals surface area (Å²) in [5.41, 5.74) is 2.20. The Morgan fingerprint density at radius 2 is 2.00 bits per heavy atom. The van der Waals surface area contributed by atoms with Crippen LogP contribution in [0.1, 0.15) is 42.6 Å². The number of anilines is 1. The number of hydrogen-bond acceptors (Lipinski definition) is 5. The van der Waals surface area contributed by atoms with E-state index in [1.165, 1.54) is 0 Å². The van der Waals surface area contributed by atoms with E-state index < -0.39 is 0 Å². The van der Waals surface area contributed by atoms with Crippen molar-refractivity contribution in [2.24, 2.45) is 5.92 Å². The van der Waals surface area contributed by atoms with Crippen LogP contribution >= 0.6 is 0 Å². The molecule has 0 atom stereocenters. The molecular weight excluding hydrogens is 326 g/mol. The van der Waals surface area contributed by atoms with Crippen LogP contribution in [0.25, 0.3) is 11.1 Å². The zero-order valence-electron chi connectivity index (χ0n) is 15.2. The molecular formula is C21H23N3O2. The van der Waals surface area contributed by atoms with Crippen LogP contribution in [-0.2, 0) is 0 Å². The zero-order chi connectivity index (χ0) is 18.5. The Hall–Kier alpha value is -2.87. The highest BCUT2D eigenvalue weighted by molar-refractivity contribution is 5.96. The molecule has 1 aromatic heterocycles. The minimum absolute atomic E-state index is 0.299. The standard InChI is InChI=1S/C21H23N3O2/c1-3-26-21-17(13-22)19(16-7-5-4-6-8-16)18(14-25)20(23-21)24-11-9-15(2)10-12-24/h4-8,14-15H,3,9-12H2,1-2H3. The smallest absolute Gasteiger partial charge is 0.234 e. The first-order valence-electron chi connectivity index (χ1n) is 9.06. The second kappa shape index (κ2) is 8.01. The molecule has 0 saturated carbocycles. The Morgan fingerprint density at radius 3 is 2.58 bits per heavy atom. The molecule has 0 spiro atoms. The van der Waals surface area contributed by atoms with Crippen molar-refractivity contribution in [2.75, 3.05) is 24.6 Å². The van der Waals surface area contributed by atoms with E-state index >= 15 is 0 Å². The van der Waals surface area contributed by atoms with Gasteiger partial charge < -0.3 is 9.64 Å².